The zero-order valence-corrected chi connectivity index (χ0v) is 16.1. The predicted molar refractivity (Wildman–Crippen MR) is 104 cm³/mol. The SMILES string of the molecule is CC(=O)OC(CCCN1C(=O)c2ccccc2C1=O)Sc1ccc(C)cc1. The molecule has 1 atom stereocenters. The van der Waals surface area contributed by atoms with E-state index in [1.807, 2.05) is 31.2 Å². The summed E-state index contributed by atoms with van der Waals surface area (Å²) in [5, 5.41) is 0. The molecule has 0 saturated heterocycles. The van der Waals surface area contributed by atoms with Crippen LogP contribution in [0, 0.1) is 6.92 Å². The quantitative estimate of drug-likeness (QED) is 0.312. The van der Waals surface area contributed by atoms with Crippen LogP contribution in [0.1, 0.15) is 46.0 Å². The van der Waals surface area contributed by atoms with Gasteiger partial charge in [0.25, 0.3) is 11.8 Å². The first kappa shape index (κ1) is 19.2. The maximum Gasteiger partial charge on any atom is 0.303 e. The maximum absolute atomic E-state index is 12.4. The number of ether oxygens (including phenoxy) is 1. The fourth-order valence-electron chi connectivity index (χ4n) is 2.95. The van der Waals surface area contributed by atoms with E-state index in [0.717, 1.165) is 10.5 Å². The monoisotopic (exact) mass is 383 g/mol. The van der Waals surface area contributed by atoms with Crippen LogP contribution >= 0.6 is 11.8 Å². The van der Waals surface area contributed by atoms with E-state index in [0.29, 0.717) is 30.5 Å². The molecule has 1 aliphatic rings. The summed E-state index contributed by atoms with van der Waals surface area (Å²) in [6, 6.07) is 14.8. The van der Waals surface area contributed by atoms with Crippen LogP contribution in [0.25, 0.3) is 0 Å². The summed E-state index contributed by atoms with van der Waals surface area (Å²) in [4.78, 5) is 38.5. The number of amides is 2. The van der Waals surface area contributed by atoms with Gasteiger partial charge >= 0.3 is 5.97 Å². The fourth-order valence-corrected chi connectivity index (χ4v) is 4.02. The number of hydrogen-bond donors (Lipinski definition) is 0. The molecule has 1 aliphatic heterocycles. The molecule has 0 spiro atoms. The van der Waals surface area contributed by atoms with Crippen molar-refractivity contribution in [1.82, 2.24) is 4.90 Å². The Morgan fingerprint density at radius 3 is 2.19 bits per heavy atom. The molecule has 1 unspecified atom stereocenters. The van der Waals surface area contributed by atoms with Crippen LogP contribution in [0.3, 0.4) is 0 Å². The Bertz CT molecular complexity index is 828. The minimum atomic E-state index is -0.361. The Morgan fingerprint density at radius 1 is 1.04 bits per heavy atom. The number of carbonyl (C=O) groups is 3. The van der Waals surface area contributed by atoms with Gasteiger partial charge in [0.2, 0.25) is 0 Å². The van der Waals surface area contributed by atoms with E-state index in [4.69, 9.17) is 4.74 Å². The largest absolute Gasteiger partial charge is 0.451 e. The number of hydrogen-bond acceptors (Lipinski definition) is 5. The van der Waals surface area contributed by atoms with Crippen molar-refractivity contribution in [3.8, 4) is 0 Å². The van der Waals surface area contributed by atoms with Gasteiger partial charge in [0.15, 0.2) is 5.44 Å². The van der Waals surface area contributed by atoms with Crippen molar-refractivity contribution in [1.29, 1.82) is 0 Å². The number of rotatable bonds is 7. The van der Waals surface area contributed by atoms with Crippen molar-refractivity contribution in [3.05, 3.63) is 65.2 Å². The maximum atomic E-state index is 12.4. The lowest BCUT2D eigenvalue weighted by Crippen LogP contribution is -2.31. The number of fused-ring (bicyclic) bond motifs is 1. The minimum Gasteiger partial charge on any atom is -0.451 e. The molecule has 5 nitrogen and oxygen atoms in total. The number of thioether (sulfide) groups is 1. The number of benzene rings is 2. The zero-order valence-electron chi connectivity index (χ0n) is 15.3. The average molecular weight is 383 g/mol. The van der Waals surface area contributed by atoms with E-state index < -0.39 is 0 Å². The predicted octanol–water partition coefficient (Wildman–Crippen LogP) is 4.05. The summed E-state index contributed by atoms with van der Waals surface area (Å²) < 4.78 is 5.40. The molecule has 27 heavy (non-hydrogen) atoms. The van der Waals surface area contributed by atoms with Gasteiger partial charge in [0, 0.05) is 18.4 Å². The van der Waals surface area contributed by atoms with Gasteiger partial charge in [0.05, 0.1) is 11.1 Å². The van der Waals surface area contributed by atoms with Crippen LogP contribution in [-0.4, -0.2) is 34.7 Å². The second-order valence-electron chi connectivity index (χ2n) is 6.42. The van der Waals surface area contributed by atoms with Crippen molar-refractivity contribution in [2.75, 3.05) is 6.54 Å². The third-order valence-electron chi connectivity index (χ3n) is 4.29. The number of carbonyl (C=O) groups excluding carboxylic acids is 3. The smallest absolute Gasteiger partial charge is 0.303 e. The third kappa shape index (κ3) is 4.57. The first-order chi connectivity index (χ1) is 13.0. The Hall–Kier alpha value is -2.60. The summed E-state index contributed by atoms with van der Waals surface area (Å²) >= 11 is 1.47. The van der Waals surface area contributed by atoms with Crippen LogP contribution in [0.5, 0.6) is 0 Å². The highest BCUT2D eigenvalue weighted by Crippen LogP contribution is 2.29. The number of aryl methyl sites for hydroxylation is 1. The lowest BCUT2D eigenvalue weighted by molar-refractivity contribution is -0.142. The van der Waals surface area contributed by atoms with E-state index in [2.05, 4.69) is 0 Å². The Kier molecular flexibility index (Phi) is 5.96. The van der Waals surface area contributed by atoms with E-state index in [9.17, 15) is 14.4 Å². The molecule has 140 valence electrons. The highest BCUT2D eigenvalue weighted by molar-refractivity contribution is 7.99. The van der Waals surface area contributed by atoms with Crippen molar-refractivity contribution in [2.24, 2.45) is 0 Å². The molecular formula is C21H21NO4S. The molecule has 0 radical (unpaired) electrons. The number of esters is 1. The first-order valence-electron chi connectivity index (χ1n) is 8.81. The molecule has 0 saturated carbocycles. The van der Waals surface area contributed by atoms with E-state index in [1.54, 1.807) is 24.3 Å². The van der Waals surface area contributed by atoms with Crippen LogP contribution < -0.4 is 0 Å². The lowest BCUT2D eigenvalue weighted by atomic mass is 10.1. The van der Waals surface area contributed by atoms with Crippen LogP contribution in [0.15, 0.2) is 53.4 Å². The molecule has 3 rings (SSSR count). The van der Waals surface area contributed by atoms with Crippen molar-refractivity contribution in [2.45, 2.75) is 37.0 Å². The van der Waals surface area contributed by atoms with Crippen molar-refractivity contribution in [3.63, 3.8) is 0 Å². The van der Waals surface area contributed by atoms with E-state index in [1.165, 1.54) is 23.6 Å². The van der Waals surface area contributed by atoms with Gasteiger partial charge in [-0.1, -0.05) is 41.6 Å². The highest BCUT2D eigenvalue weighted by atomic mass is 32.2. The Labute approximate surface area is 162 Å². The Morgan fingerprint density at radius 2 is 1.63 bits per heavy atom. The van der Waals surface area contributed by atoms with Gasteiger partial charge < -0.3 is 4.74 Å². The normalized spacial score (nSPS) is 14.2. The molecule has 1 heterocycles. The molecule has 2 aromatic rings. The van der Waals surface area contributed by atoms with Crippen LogP contribution in [-0.2, 0) is 9.53 Å². The Balaban J connectivity index is 1.59. The van der Waals surface area contributed by atoms with Gasteiger partial charge in [-0.25, -0.2) is 0 Å². The summed E-state index contributed by atoms with van der Waals surface area (Å²) in [5.41, 5.74) is 1.70. The summed E-state index contributed by atoms with van der Waals surface area (Å²) in [5.74, 6) is -0.864. The van der Waals surface area contributed by atoms with E-state index in [-0.39, 0.29) is 23.2 Å². The second-order valence-corrected chi connectivity index (χ2v) is 7.65. The first-order valence-corrected chi connectivity index (χ1v) is 9.69. The molecule has 6 heteroatoms. The fraction of sp³-hybridized carbons (Fsp3) is 0.286. The molecule has 2 aromatic carbocycles. The second kappa shape index (κ2) is 8.39. The summed E-state index contributed by atoms with van der Waals surface area (Å²) in [6.45, 7) is 3.70. The lowest BCUT2D eigenvalue weighted by Gasteiger charge is -2.19. The van der Waals surface area contributed by atoms with Gasteiger partial charge in [-0.2, -0.15) is 0 Å². The molecule has 0 bridgehead atoms. The van der Waals surface area contributed by atoms with Gasteiger partial charge in [-0.05, 0) is 44.0 Å². The standard InChI is InChI=1S/C21H21NO4S/c1-14-9-11-16(12-10-14)27-19(26-15(2)23)8-5-13-22-20(24)17-6-3-4-7-18(17)21(22)25/h3-4,6-7,9-12,19H,5,8,13H2,1-2H3. The van der Waals surface area contributed by atoms with Crippen molar-refractivity contribution >= 4 is 29.5 Å². The van der Waals surface area contributed by atoms with E-state index >= 15 is 0 Å². The molecule has 0 fully saturated rings. The molecular weight excluding hydrogens is 362 g/mol. The number of imide groups is 1. The molecule has 0 N–H and O–H groups in total. The van der Waals surface area contributed by atoms with Gasteiger partial charge in [-0.15, -0.1) is 0 Å². The van der Waals surface area contributed by atoms with Crippen molar-refractivity contribution < 1.29 is 19.1 Å². The summed E-state index contributed by atoms with van der Waals surface area (Å²) in [6.07, 6.45) is 1.10. The van der Waals surface area contributed by atoms with Crippen LogP contribution in [0.2, 0.25) is 0 Å². The van der Waals surface area contributed by atoms with Gasteiger partial charge in [0.1, 0.15) is 0 Å². The number of nitrogens with zero attached hydrogens (tertiary/aromatic N) is 1. The molecule has 0 aromatic heterocycles. The summed E-state index contributed by atoms with van der Waals surface area (Å²) in [7, 11) is 0. The third-order valence-corrected chi connectivity index (χ3v) is 5.42. The molecule has 2 amide bonds. The molecule has 0 aliphatic carbocycles. The van der Waals surface area contributed by atoms with Crippen LogP contribution in [0.4, 0.5) is 0 Å². The zero-order chi connectivity index (χ0) is 19.4. The average Bonchev–Trinajstić information content (AvgIpc) is 2.88. The van der Waals surface area contributed by atoms with Gasteiger partial charge in [-0.3, -0.25) is 19.3 Å². The topological polar surface area (TPSA) is 63.7 Å². The highest BCUT2D eigenvalue weighted by Gasteiger charge is 2.34. The minimum absolute atomic E-state index is 0.258.